The molecule has 0 N–H and O–H groups in total. The van der Waals surface area contributed by atoms with Crippen LogP contribution < -0.4 is 14.2 Å². The van der Waals surface area contributed by atoms with E-state index in [0.29, 0.717) is 41.9 Å². The van der Waals surface area contributed by atoms with Crippen LogP contribution in [0.1, 0.15) is 22.2 Å². The number of likely N-dealkylation sites (N-methyl/N-ethyl adjacent to an activating group) is 1. The molecule has 0 spiro atoms. The molecule has 4 aromatic rings. The molecule has 1 amide bonds. The van der Waals surface area contributed by atoms with Crippen LogP contribution in [-0.4, -0.2) is 53.7 Å². The van der Waals surface area contributed by atoms with Gasteiger partial charge in [0.1, 0.15) is 17.2 Å². The minimum Gasteiger partial charge on any atom is -0.497 e. The summed E-state index contributed by atoms with van der Waals surface area (Å²) in [7, 11) is 4.88. The van der Waals surface area contributed by atoms with Crippen molar-refractivity contribution in [3.63, 3.8) is 0 Å². The number of ether oxygens (including phenoxy) is 3. The van der Waals surface area contributed by atoms with Crippen molar-refractivity contribution in [3.8, 4) is 28.6 Å². The van der Waals surface area contributed by atoms with Crippen molar-refractivity contribution in [1.29, 1.82) is 0 Å². The Balaban J connectivity index is 1.32. The Hall–Kier alpha value is -4.34. The third kappa shape index (κ3) is 5.34. The fourth-order valence-corrected chi connectivity index (χ4v) is 3.16. The van der Waals surface area contributed by atoms with Crippen LogP contribution in [0.3, 0.4) is 0 Å². The van der Waals surface area contributed by atoms with E-state index in [0.717, 1.165) is 11.3 Å². The number of methoxy groups -OCH3 is 2. The normalized spacial score (nSPS) is 10.7. The molecule has 0 saturated carbocycles. The van der Waals surface area contributed by atoms with Gasteiger partial charge in [-0.15, -0.1) is 0 Å². The molecule has 2 aromatic heterocycles. The van der Waals surface area contributed by atoms with Gasteiger partial charge < -0.3 is 28.1 Å². The number of oxazole rings is 1. The summed E-state index contributed by atoms with van der Waals surface area (Å²) < 4.78 is 26.7. The number of rotatable bonds is 10. The molecule has 4 rings (SSSR count). The average Bonchev–Trinajstić information content (AvgIpc) is 3.56. The van der Waals surface area contributed by atoms with Gasteiger partial charge in [-0.3, -0.25) is 4.79 Å². The van der Waals surface area contributed by atoms with Crippen LogP contribution in [-0.2, 0) is 13.0 Å². The Labute approximate surface area is 196 Å². The third-order valence-corrected chi connectivity index (χ3v) is 5.07. The first-order valence-electron chi connectivity index (χ1n) is 10.5. The highest BCUT2D eigenvalue weighted by Gasteiger charge is 2.22. The van der Waals surface area contributed by atoms with Gasteiger partial charge in [0.25, 0.3) is 11.8 Å². The number of nitrogens with zero attached hydrogens (tertiary/aromatic N) is 4. The molecule has 0 aliphatic heterocycles. The lowest BCUT2D eigenvalue weighted by Gasteiger charge is -2.15. The number of carbonyl (C=O) groups is 1. The second-order valence-electron chi connectivity index (χ2n) is 7.30. The number of amides is 1. The number of carbonyl (C=O) groups excluding carboxylic acids is 1. The average molecular weight is 464 g/mol. The maximum atomic E-state index is 12.9. The van der Waals surface area contributed by atoms with E-state index in [9.17, 15) is 4.79 Å². The van der Waals surface area contributed by atoms with E-state index in [4.69, 9.17) is 23.2 Å². The lowest BCUT2D eigenvalue weighted by molar-refractivity contribution is 0.0791. The Morgan fingerprint density at radius 1 is 0.971 bits per heavy atom. The van der Waals surface area contributed by atoms with E-state index < -0.39 is 0 Å². The quantitative estimate of drug-likeness (QED) is 0.347. The third-order valence-electron chi connectivity index (χ3n) is 5.07. The molecule has 0 unspecified atom stereocenters. The summed E-state index contributed by atoms with van der Waals surface area (Å²) in [6, 6.07) is 14.4. The standard InChI is InChI=1S/C24H24N4O6/c1-28(24(29)22-23(33-15-25-22)16-4-6-17(30-2)7-5-16)13-12-20-26-21(34-27-20)14-32-19-10-8-18(31-3)9-11-19/h4-11,15H,12-14H2,1-3H3. The first kappa shape index (κ1) is 22.8. The monoisotopic (exact) mass is 464 g/mol. The maximum Gasteiger partial charge on any atom is 0.276 e. The number of hydrogen-bond donors (Lipinski definition) is 0. The van der Waals surface area contributed by atoms with Crippen molar-refractivity contribution < 1.29 is 27.9 Å². The van der Waals surface area contributed by atoms with Gasteiger partial charge in [0.15, 0.2) is 30.3 Å². The molecule has 0 bridgehead atoms. The highest BCUT2D eigenvalue weighted by molar-refractivity contribution is 5.97. The van der Waals surface area contributed by atoms with E-state index in [2.05, 4.69) is 15.1 Å². The molecule has 0 aliphatic rings. The Morgan fingerprint density at radius 3 is 2.29 bits per heavy atom. The fourth-order valence-electron chi connectivity index (χ4n) is 3.16. The molecule has 2 heterocycles. The molecule has 34 heavy (non-hydrogen) atoms. The summed E-state index contributed by atoms with van der Waals surface area (Å²) in [5, 5.41) is 3.96. The van der Waals surface area contributed by atoms with Crippen LogP contribution in [0.25, 0.3) is 11.3 Å². The van der Waals surface area contributed by atoms with Gasteiger partial charge in [0, 0.05) is 25.6 Å². The van der Waals surface area contributed by atoms with Gasteiger partial charge in [0.05, 0.1) is 14.2 Å². The molecule has 0 atom stereocenters. The van der Waals surface area contributed by atoms with Crippen LogP contribution in [0.15, 0.2) is 63.9 Å². The van der Waals surface area contributed by atoms with Crippen molar-refractivity contribution in [2.24, 2.45) is 0 Å². The van der Waals surface area contributed by atoms with Gasteiger partial charge in [-0.05, 0) is 48.5 Å². The molecule has 0 fully saturated rings. The lowest BCUT2D eigenvalue weighted by Crippen LogP contribution is -2.29. The van der Waals surface area contributed by atoms with Crippen LogP contribution in [0.4, 0.5) is 0 Å². The van der Waals surface area contributed by atoms with Gasteiger partial charge >= 0.3 is 0 Å². The van der Waals surface area contributed by atoms with Crippen molar-refractivity contribution in [2.75, 3.05) is 27.8 Å². The van der Waals surface area contributed by atoms with Crippen LogP contribution >= 0.6 is 0 Å². The van der Waals surface area contributed by atoms with Gasteiger partial charge in [-0.2, -0.15) is 4.98 Å². The summed E-state index contributed by atoms with van der Waals surface area (Å²) in [5.41, 5.74) is 0.962. The zero-order valence-corrected chi connectivity index (χ0v) is 19.1. The van der Waals surface area contributed by atoms with Crippen molar-refractivity contribution >= 4 is 5.91 Å². The molecule has 10 nitrogen and oxygen atoms in total. The lowest BCUT2D eigenvalue weighted by atomic mass is 10.1. The first-order valence-corrected chi connectivity index (χ1v) is 10.5. The van der Waals surface area contributed by atoms with E-state index in [-0.39, 0.29) is 18.2 Å². The smallest absolute Gasteiger partial charge is 0.276 e. The Bertz CT molecular complexity index is 1220. The molecular formula is C24H24N4O6. The van der Waals surface area contributed by atoms with Crippen LogP contribution in [0.5, 0.6) is 17.2 Å². The van der Waals surface area contributed by atoms with E-state index in [1.807, 2.05) is 12.1 Å². The summed E-state index contributed by atoms with van der Waals surface area (Å²) in [6.45, 7) is 0.504. The first-order chi connectivity index (χ1) is 16.6. The van der Waals surface area contributed by atoms with Gasteiger partial charge in [-0.1, -0.05) is 5.16 Å². The van der Waals surface area contributed by atoms with Crippen molar-refractivity contribution in [2.45, 2.75) is 13.0 Å². The van der Waals surface area contributed by atoms with Gasteiger partial charge in [0.2, 0.25) is 0 Å². The number of benzene rings is 2. The fraction of sp³-hybridized carbons (Fsp3) is 0.250. The Kier molecular flexibility index (Phi) is 7.07. The SMILES string of the molecule is COc1ccc(OCc2nc(CCN(C)C(=O)c3ncoc3-c3ccc(OC)cc3)no2)cc1. The molecule has 0 saturated heterocycles. The highest BCUT2D eigenvalue weighted by Crippen LogP contribution is 2.26. The van der Waals surface area contributed by atoms with E-state index in [1.165, 1.54) is 11.3 Å². The predicted molar refractivity (Wildman–Crippen MR) is 121 cm³/mol. The molecule has 0 aliphatic carbocycles. The number of hydrogen-bond acceptors (Lipinski definition) is 9. The number of aromatic nitrogens is 3. The van der Waals surface area contributed by atoms with E-state index in [1.54, 1.807) is 57.7 Å². The summed E-state index contributed by atoms with van der Waals surface area (Å²) in [6.07, 6.45) is 1.67. The second kappa shape index (κ2) is 10.5. The largest absolute Gasteiger partial charge is 0.497 e. The molecule has 0 radical (unpaired) electrons. The highest BCUT2D eigenvalue weighted by atomic mass is 16.5. The van der Waals surface area contributed by atoms with Crippen molar-refractivity contribution in [3.05, 3.63) is 72.3 Å². The van der Waals surface area contributed by atoms with E-state index >= 15 is 0 Å². The molecule has 2 aromatic carbocycles. The Morgan fingerprint density at radius 2 is 1.62 bits per heavy atom. The minimum absolute atomic E-state index is 0.137. The van der Waals surface area contributed by atoms with Crippen molar-refractivity contribution in [1.82, 2.24) is 20.0 Å². The summed E-state index contributed by atoms with van der Waals surface area (Å²) in [4.78, 5) is 22.9. The minimum atomic E-state index is -0.272. The summed E-state index contributed by atoms with van der Waals surface area (Å²) >= 11 is 0. The predicted octanol–water partition coefficient (Wildman–Crippen LogP) is 3.64. The molecule has 176 valence electrons. The maximum absolute atomic E-state index is 12.9. The topological polar surface area (TPSA) is 113 Å². The van der Waals surface area contributed by atoms with Crippen LogP contribution in [0, 0.1) is 0 Å². The molecule has 10 heteroatoms. The zero-order chi connectivity index (χ0) is 23.9. The summed E-state index contributed by atoms with van der Waals surface area (Å²) in [5.74, 6) is 3.06. The van der Waals surface area contributed by atoms with Crippen LogP contribution in [0.2, 0.25) is 0 Å². The zero-order valence-electron chi connectivity index (χ0n) is 19.1. The second-order valence-corrected chi connectivity index (χ2v) is 7.30. The van der Waals surface area contributed by atoms with Gasteiger partial charge in [-0.25, -0.2) is 4.98 Å². The molecular weight excluding hydrogens is 440 g/mol.